The molecule has 0 amide bonds. The Morgan fingerprint density at radius 3 is 2.47 bits per heavy atom. The van der Waals surface area contributed by atoms with Crippen molar-refractivity contribution in [1.82, 2.24) is 14.8 Å². The number of pyridine rings is 1. The van der Waals surface area contributed by atoms with E-state index in [1.807, 2.05) is 39.2 Å². The van der Waals surface area contributed by atoms with E-state index in [9.17, 15) is 0 Å². The third-order valence-electron chi connectivity index (χ3n) is 2.33. The molecule has 2 aromatic rings. The molecule has 0 spiro atoms. The monoisotopic (exact) mass is 221 g/mol. The Bertz CT molecular complexity index is 485. The minimum atomic E-state index is 0.697. The lowest BCUT2D eigenvalue weighted by atomic mass is 10.2. The Kier molecular flexibility index (Phi) is 2.49. The molecule has 2 aromatic heterocycles. The molecule has 0 saturated carbocycles. The highest BCUT2D eigenvalue weighted by molar-refractivity contribution is 6.33. The zero-order valence-corrected chi connectivity index (χ0v) is 9.71. The van der Waals surface area contributed by atoms with Crippen molar-refractivity contribution in [2.75, 3.05) is 0 Å². The molecule has 0 saturated heterocycles. The minimum absolute atomic E-state index is 0.697. The Balaban J connectivity index is 2.58. The molecule has 0 aliphatic carbocycles. The van der Waals surface area contributed by atoms with Crippen LogP contribution in [0.1, 0.15) is 11.4 Å². The van der Waals surface area contributed by atoms with Gasteiger partial charge in [-0.1, -0.05) is 11.6 Å². The maximum Gasteiger partial charge on any atom is 0.0895 e. The van der Waals surface area contributed by atoms with Crippen molar-refractivity contribution < 1.29 is 0 Å². The lowest BCUT2D eigenvalue weighted by Gasteiger charge is -2.02. The SMILES string of the molecule is Cc1ccc(-c2c(Cl)c(C)nn2C)cn1. The van der Waals surface area contributed by atoms with Gasteiger partial charge in [0.15, 0.2) is 0 Å². The Morgan fingerprint density at radius 1 is 1.27 bits per heavy atom. The molecule has 0 aliphatic rings. The van der Waals surface area contributed by atoms with E-state index in [1.165, 1.54) is 0 Å². The predicted molar refractivity (Wildman–Crippen MR) is 60.9 cm³/mol. The fourth-order valence-electron chi connectivity index (χ4n) is 1.55. The molecule has 15 heavy (non-hydrogen) atoms. The Hall–Kier alpha value is -1.35. The molecule has 0 fully saturated rings. The number of aryl methyl sites for hydroxylation is 3. The van der Waals surface area contributed by atoms with Crippen molar-refractivity contribution in [3.63, 3.8) is 0 Å². The summed E-state index contributed by atoms with van der Waals surface area (Å²) in [6.07, 6.45) is 1.82. The van der Waals surface area contributed by atoms with E-state index in [2.05, 4.69) is 10.1 Å². The van der Waals surface area contributed by atoms with E-state index in [1.54, 1.807) is 4.68 Å². The number of aromatic nitrogens is 3. The molecule has 2 rings (SSSR count). The first-order valence-corrected chi connectivity index (χ1v) is 5.09. The van der Waals surface area contributed by atoms with Gasteiger partial charge in [-0.3, -0.25) is 9.67 Å². The van der Waals surface area contributed by atoms with E-state index >= 15 is 0 Å². The van der Waals surface area contributed by atoms with Gasteiger partial charge in [0.2, 0.25) is 0 Å². The van der Waals surface area contributed by atoms with Crippen LogP contribution >= 0.6 is 11.6 Å². The fourth-order valence-corrected chi connectivity index (χ4v) is 1.82. The second-order valence-corrected chi connectivity index (χ2v) is 3.94. The van der Waals surface area contributed by atoms with E-state index in [0.29, 0.717) is 5.02 Å². The quantitative estimate of drug-likeness (QED) is 0.742. The van der Waals surface area contributed by atoms with Crippen LogP contribution in [0.4, 0.5) is 0 Å². The van der Waals surface area contributed by atoms with Gasteiger partial charge in [0.05, 0.1) is 16.4 Å². The summed E-state index contributed by atoms with van der Waals surface area (Å²) < 4.78 is 1.78. The van der Waals surface area contributed by atoms with Crippen LogP contribution in [-0.2, 0) is 7.05 Å². The summed E-state index contributed by atoms with van der Waals surface area (Å²) >= 11 is 6.18. The van der Waals surface area contributed by atoms with Crippen molar-refractivity contribution in [3.05, 3.63) is 34.7 Å². The molecule has 0 bridgehead atoms. The third-order valence-corrected chi connectivity index (χ3v) is 2.79. The van der Waals surface area contributed by atoms with Gasteiger partial charge in [-0.05, 0) is 26.0 Å². The van der Waals surface area contributed by atoms with Crippen LogP contribution in [-0.4, -0.2) is 14.8 Å². The summed E-state index contributed by atoms with van der Waals surface area (Å²) in [5, 5.41) is 4.96. The van der Waals surface area contributed by atoms with Gasteiger partial charge < -0.3 is 0 Å². The molecule has 0 aliphatic heterocycles. The van der Waals surface area contributed by atoms with E-state index < -0.39 is 0 Å². The summed E-state index contributed by atoms with van der Waals surface area (Å²) in [4.78, 5) is 4.25. The number of hydrogen-bond donors (Lipinski definition) is 0. The largest absolute Gasteiger partial charge is 0.266 e. The molecular weight excluding hydrogens is 210 g/mol. The zero-order chi connectivity index (χ0) is 11.0. The molecular formula is C11H12ClN3. The molecule has 2 heterocycles. The molecule has 0 N–H and O–H groups in total. The standard InChI is InChI=1S/C11H12ClN3/c1-7-4-5-9(6-13-7)11-10(12)8(2)14-15(11)3/h4-6H,1-3H3. The molecule has 4 heteroatoms. The van der Waals surface area contributed by atoms with Gasteiger partial charge >= 0.3 is 0 Å². The van der Waals surface area contributed by atoms with E-state index in [0.717, 1.165) is 22.6 Å². The lowest BCUT2D eigenvalue weighted by molar-refractivity contribution is 0.763. The lowest BCUT2D eigenvalue weighted by Crippen LogP contribution is -1.94. The van der Waals surface area contributed by atoms with Crippen molar-refractivity contribution in [3.8, 4) is 11.3 Å². The number of rotatable bonds is 1. The summed E-state index contributed by atoms with van der Waals surface area (Å²) in [6, 6.07) is 3.97. The maximum absolute atomic E-state index is 6.18. The summed E-state index contributed by atoms with van der Waals surface area (Å²) in [7, 11) is 1.88. The van der Waals surface area contributed by atoms with Crippen LogP contribution in [0.3, 0.4) is 0 Å². The first-order chi connectivity index (χ1) is 7.09. The number of nitrogens with zero attached hydrogens (tertiary/aromatic N) is 3. The first-order valence-electron chi connectivity index (χ1n) is 4.71. The average Bonchev–Trinajstić information content (AvgIpc) is 2.44. The smallest absolute Gasteiger partial charge is 0.0895 e. The topological polar surface area (TPSA) is 30.7 Å². The first kappa shape index (κ1) is 10.2. The summed E-state index contributed by atoms with van der Waals surface area (Å²) in [5.74, 6) is 0. The van der Waals surface area contributed by atoms with Gasteiger partial charge in [0.1, 0.15) is 0 Å². The Morgan fingerprint density at radius 2 is 2.00 bits per heavy atom. The molecule has 0 radical (unpaired) electrons. The summed E-state index contributed by atoms with van der Waals surface area (Å²) in [6.45, 7) is 3.85. The van der Waals surface area contributed by atoms with Gasteiger partial charge in [-0.15, -0.1) is 0 Å². The van der Waals surface area contributed by atoms with E-state index in [4.69, 9.17) is 11.6 Å². The Labute approximate surface area is 93.7 Å². The zero-order valence-electron chi connectivity index (χ0n) is 8.95. The molecule has 0 atom stereocenters. The van der Waals surface area contributed by atoms with Gasteiger partial charge in [0.25, 0.3) is 0 Å². The summed E-state index contributed by atoms with van der Waals surface area (Å²) in [5.41, 5.74) is 3.75. The average molecular weight is 222 g/mol. The highest BCUT2D eigenvalue weighted by atomic mass is 35.5. The number of halogens is 1. The van der Waals surface area contributed by atoms with Gasteiger partial charge in [-0.2, -0.15) is 5.10 Å². The minimum Gasteiger partial charge on any atom is -0.266 e. The van der Waals surface area contributed by atoms with Crippen molar-refractivity contribution in [1.29, 1.82) is 0 Å². The molecule has 3 nitrogen and oxygen atoms in total. The van der Waals surface area contributed by atoms with Crippen molar-refractivity contribution >= 4 is 11.6 Å². The van der Waals surface area contributed by atoms with Crippen LogP contribution in [0.5, 0.6) is 0 Å². The predicted octanol–water partition coefficient (Wildman–Crippen LogP) is 2.75. The van der Waals surface area contributed by atoms with Crippen molar-refractivity contribution in [2.45, 2.75) is 13.8 Å². The van der Waals surface area contributed by atoms with E-state index in [-0.39, 0.29) is 0 Å². The second-order valence-electron chi connectivity index (χ2n) is 3.56. The highest BCUT2D eigenvalue weighted by Gasteiger charge is 2.12. The van der Waals surface area contributed by atoms with Gasteiger partial charge in [0, 0.05) is 24.5 Å². The van der Waals surface area contributed by atoms with Crippen LogP contribution in [0.25, 0.3) is 11.3 Å². The van der Waals surface area contributed by atoms with Crippen LogP contribution in [0.15, 0.2) is 18.3 Å². The second kappa shape index (κ2) is 3.66. The van der Waals surface area contributed by atoms with Crippen LogP contribution in [0.2, 0.25) is 5.02 Å². The van der Waals surface area contributed by atoms with Gasteiger partial charge in [-0.25, -0.2) is 0 Å². The molecule has 0 aromatic carbocycles. The highest BCUT2D eigenvalue weighted by Crippen LogP contribution is 2.29. The fraction of sp³-hybridized carbons (Fsp3) is 0.273. The molecule has 78 valence electrons. The maximum atomic E-state index is 6.18. The van der Waals surface area contributed by atoms with Crippen molar-refractivity contribution in [2.24, 2.45) is 7.05 Å². The third kappa shape index (κ3) is 1.75. The normalized spacial score (nSPS) is 10.7. The van der Waals surface area contributed by atoms with Crippen LogP contribution in [0, 0.1) is 13.8 Å². The van der Waals surface area contributed by atoms with Crippen LogP contribution < -0.4 is 0 Å². The molecule has 0 unspecified atom stereocenters. The number of hydrogen-bond acceptors (Lipinski definition) is 2.